The fourth-order valence-corrected chi connectivity index (χ4v) is 11.6. The zero-order valence-electron chi connectivity index (χ0n) is 38.7. The number of aromatic amines is 1. The molecule has 15 aromatic rings. The fourth-order valence-electron chi connectivity index (χ4n) is 11.6. The lowest BCUT2D eigenvalue weighted by molar-refractivity contribution is 0.668. The predicted octanol–water partition coefficient (Wildman–Crippen LogP) is 18.0. The highest BCUT2D eigenvalue weighted by Crippen LogP contribution is 2.44. The molecular formula is C65H42N4O2. The summed E-state index contributed by atoms with van der Waals surface area (Å²) in [5.74, 6) is 0.162. The van der Waals surface area contributed by atoms with Gasteiger partial charge in [0.25, 0.3) is 0 Å². The highest BCUT2D eigenvalue weighted by Gasteiger charge is 2.23. The van der Waals surface area contributed by atoms with Gasteiger partial charge in [0, 0.05) is 59.9 Å². The minimum Gasteiger partial charge on any atom is -0.456 e. The van der Waals surface area contributed by atoms with Crippen molar-refractivity contribution in [3.63, 3.8) is 0 Å². The van der Waals surface area contributed by atoms with Crippen LogP contribution in [-0.4, -0.2) is 21.1 Å². The summed E-state index contributed by atoms with van der Waals surface area (Å²) in [7, 11) is 0. The van der Waals surface area contributed by atoms with Gasteiger partial charge in [0.1, 0.15) is 22.3 Å². The second-order valence-corrected chi connectivity index (χ2v) is 19.0. The lowest BCUT2D eigenvalue weighted by Crippen LogP contribution is -2.07. The zero-order valence-corrected chi connectivity index (χ0v) is 38.7. The van der Waals surface area contributed by atoms with Crippen LogP contribution in [0.2, 0.25) is 0 Å². The summed E-state index contributed by atoms with van der Waals surface area (Å²) in [5.41, 5.74) is 13.1. The number of hydrogen-bond acceptors (Lipinski definition) is 3. The van der Waals surface area contributed by atoms with Crippen LogP contribution in [-0.2, 0) is 0 Å². The molecule has 0 unspecified atom stereocenters. The summed E-state index contributed by atoms with van der Waals surface area (Å²) in [4.78, 5) is 9.03. The van der Waals surface area contributed by atoms with E-state index in [2.05, 4.69) is 198 Å². The lowest BCUT2D eigenvalue weighted by atomic mass is 9.96. The highest BCUT2D eigenvalue weighted by molar-refractivity contribution is 6.24. The number of H-pyrrole nitrogens is 1. The van der Waals surface area contributed by atoms with Crippen LogP contribution in [0.15, 0.2) is 214 Å². The number of para-hydroxylation sites is 2. The first-order valence-corrected chi connectivity index (χ1v) is 24.4. The van der Waals surface area contributed by atoms with Crippen molar-refractivity contribution in [2.75, 3.05) is 0 Å². The van der Waals surface area contributed by atoms with Crippen molar-refractivity contribution in [1.29, 1.82) is 5.41 Å². The molecule has 0 aliphatic carbocycles. The molecular weight excluding hydrogens is 869 g/mol. The van der Waals surface area contributed by atoms with Crippen LogP contribution in [0.4, 0.5) is 0 Å². The first kappa shape index (κ1) is 39.7. The third-order valence-corrected chi connectivity index (χ3v) is 14.8. The average molecular weight is 911 g/mol. The number of nitrogens with one attached hydrogen (secondary N) is 2. The number of furan rings is 2. The molecule has 0 amide bonds. The van der Waals surface area contributed by atoms with E-state index >= 15 is 0 Å². The van der Waals surface area contributed by atoms with Crippen molar-refractivity contribution >= 4 is 131 Å². The number of aliphatic imine (C=N–C) groups is 1. The second kappa shape index (κ2) is 15.1. The van der Waals surface area contributed by atoms with Crippen molar-refractivity contribution in [2.45, 2.75) is 19.8 Å². The third-order valence-electron chi connectivity index (χ3n) is 14.8. The Kier molecular flexibility index (Phi) is 8.46. The van der Waals surface area contributed by atoms with E-state index in [-0.39, 0.29) is 5.84 Å². The van der Waals surface area contributed by atoms with Crippen LogP contribution in [0.5, 0.6) is 0 Å². The Morgan fingerprint density at radius 3 is 1.82 bits per heavy atom. The number of nitrogens with zero attached hydrogens (tertiary/aromatic N) is 2. The van der Waals surface area contributed by atoms with E-state index in [0.717, 1.165) is 116 Å². The number of fused-ring (bicyclic) bond motifs is 15. The molecule has 334 valence electrons. The molecule has 0 spiro atoms. The Bertz CT molecular complexity index is 4710. The molecule has 0 aliphatic heterocycles. The van der Waals surface area contributed by atoms with Gasteiger partial charge in [0.2, 0.25) is 0 Å². The molecule has 71 heavy (non-hydrogen) atoms. The van der Waals surface area contributed by atoms with E-state index < -0.39 is 0 Å². The quantitative estimate of drug-likeness (QED) is 0.129. The molecule has 0 bridgehead atoms. The Labute approximate surface area is 406 Å². The molecule has 2 N–H and O–H groups in total. The van der Waals surface area contributed by atoms with Gasteiger partial charge in [0.05, 0.1) is 33.3 Å². The maximum atomic E-state index is 10.0. The van der Waals surface area contributed by atoms with Gasteiger partial charge >= 0.3 is 0 Å². The molecule has 6 heteroatoms. The SMILES string of the molecule is CCCC(=NC(=N)c1cc(-n2c3cc4ccccc4cc3c3cc4ccccc4cc32)c2c(c1)oc1cc3ccccc3cc12)c1cccc2oc3ccc(-c4cccc5c4[nH]c4ccccc45)cc3c12. The van der Waals surface area contributed by atoms with Gasteiger partial charge in [0.15, 0.2) is 5.84 Å². The van der Waals surface area contributed by atoms with Gasteiger partial charge in [-0.15, -0.1) is 0 Å². The average Bonchev–Trinajstić information content (AvgIpc) is 4.17. The summed E-state index contributed by atoms with van der Waals surface area (Å²) < 4.78 is 15.9. The van der Waals surface area contributed by atoms with Crippen LogP contribution < -0.4 is 0 Å². The van der Waals surface area contributed by atoms with Crippen LogP contribution in [0.25, 0.3) is 137 Å². The fraction of sp³-hybridized carbons (Fsp3) is 0.0462. The smallest absolute Gasteiger partial charge is 0.152 e. The molecule has 0 saturated heterocycles. The van der Waals surface area contributed by atoms with Gasteiger partial charge < -0.3 is 18.4 Å². The lowest BCUT2D eigenvalue weighted by Gasteiger charge is -2.14. The van der Waals surface area contributed by atoms with Crippen LogP contribution in [0.1, 0.15) is 30.9 Å². The van der Waals surface area contributed by atoms with Gasteiger partial charge in [-0.3, -0.25) is 5.41 Å². The third kappa shape index (κ3) is 6.01. The molecule has 4 aromatic heterocycles. The topological polar surface area (TPSA) is 83.2 Å². The number of rotatable bonds is 6. The minimum atomic E-state index is 0.162. The molecule has 0 saturated carbocycles. The summed E-state index contributed by atoms with van der Waals surface area (Å²) in [6.07, 6.45) is 1.51. The van der Waals surface area contributed by atoms with Crippen LogP contribution >= 0.6 is 0 Å². The molecule has 0 radical (unpaired) electrons. The van der Waals surface area contributed by atoms with Crippen molar-refractivity contribution < 1.29 is 8.83 Å². The standard InChI is InChI=1S/C65H42N4O2/c1-2-13-53(48-23-12-25-59-62(48)51-31-43(26-27-58(51)70-59)45-21-11-22-47-46-20-9-10-24-54(46)67-64(45)47)68-65(66)44-34-57(63-52-30-39-16-5-8-19-42(39)35-60(52)71-61(63)36-44)69-55-32-40-17-6-3-14-37(40)28-49(55)50-29-38-15-4-7-18-41(38)33-56(50)69/h3-12,14-36,66-67H,2,13H2,1H3. The minimum absolute atomic E-state index is 0.162. The van der Waals surface area contributed by atoms with E-state index in [1.807, 2.05) is 18.2 Å². The highest BCUT2D eigenvalue weighted by atomic mass is 16.3. The second-order valence-electron chi connectivity index (χ2n) is 19.0. The summed E-state index contributed by atoms with van der Waals surface area (Å²) in [5, 5.41) is 25.7. The van der Waals surface area contributed by atoms with Crippen molar-refractivity contribution in [1.82, 2.24) is 9.55 Å². The van der Waals surface area contributed by atoms with Gasteiger partial charge in [-0.25, -0.2) is 4.99 Å². The van der Waals surface area contributed by atoms with E-state index in [1.165, 1.54) is 32.3 Å². The molecule has 6 nitrogen and oxygen atoms in total. The van der Waals surface area contributed by atoms with Crippen molar-refractivity contribution in [3.8, 4) is 16.8 Å². The first-order chi connectivity index (χ1) is 35.0. The molecule has 15 rings (SSSR count). The van der Waals surface area contributed by atoms with Gasteiger partial charge in [-0.1, -0.05) is 141 Å². The number of amidine groups is 1. The van der Waals surface area contributed by atoms with Crippen LogP contribution in [0, 0.1) is 5.41 Å². The molecule has 4 heterocycles. The number of hydrogen-bond donors (Lipinski definition) is 2. The van der Waals surface area contributed by atoms with Gasteiger partial charge in [-0.2, -0.15) is 0 Å². The zero-order chi connectivity index (χ0) is 46.9. The molecule has 0 aliphatic rings. The monoisotopic (exact) mass is 910 g/mol. The Balaban J connectivity index is 0.955. The normalized spacial score (nSPS) is 12.5. The summed E-state index contributed by atoms with van der Waals surface area (Å²) in [6.45, 7) is 2.17. The van der Waals surface area contributed by atoms with E-state index in [0.29, 0.717) is 17.6 Å². The molecule has 11 aromatic carbocycles. The Morgan fingerprint density at radius 2 is 1.10 bits per heavy atom. The largest absolute Gasteiger partial charge is 0.456 e. The maximum absolute atomic E-state index is 10.0. The first-order valence-electron chi connectivity index (χ1n) is 24.4. The predicted molar refractivity (Wildman–Crippen MR) is 297 cm³/mol. The van der Waals surface area contributed by atoms with Crippen molar-refractivity contribution in [2.24, 2.45) is 4.99 Å². The van der Waals surface area contributed by atoms with Crippen molar-refractivity contribution in [3.05, 3.63) is 211 Å². The summed E-state index contributed by atoms with van der Waals surface area (Å²) >= 11 is 0. The van der Waals surface area contributed by atoms with Crippen LogP contribution in [0.3, 0.4) is 0 Å². The summed E-state index contributed by atoms with van der Waals surface area (Å²) in [6, 6.07) is 71.2. The molecule has 0 atom stereocenters. The Hall–Kier alpha value is -9.26. The van der Waals surface area contributed by atoms with E-state index in [1.54, 1.807) is 0 Å². The number of benzene rings is 11. The molecule has 0 fully saturated rings. The Morgan fingerprint density at radius 1 is 0.493 bits per heavy atom. The van der Waals surface area contributed by atoms with E-state index in [4.69, 9.17) is 13.8 Å². The number of aromatic nitrogens is 2. The maximum Gasteiger partial charge on any atom is 0.152 e. The van der Waals surface area contributed by atoms with E-state index in [9.17, 15) is 5.41 Å². The van der Waals surface area contributed by atoms with Gasteiger partial charge in [-0.05, 0) is 117 Å².